The van der Waals surface area contributed by atoms with E-state index in [9.17, 15) is 4.79 Å². The van der Waals surface area contributed by atoms with Gasteiger partial charge in [0.25, 0.3) is 0 Å². The van der Waals surface area contributed by atoms with Crippen LogP contribution in [0.3, 0.4) is 0 Å². The normalized spacial score (nSPS) is 19.0. The van der Waals surface area contributed by atoms with Crippen molar-refractivity contribution >= 4 is 5.91 Å². The number of hydrogen-bond acceptors (Lipinski definition) is 4. The second-order valence-electron chi connectivity index (χ2n) is 6.50. The van der Waals surface area contributed by atoms with Crippen molar-refractivity contribution in [2.75, 3.05) is 13.1 Å². The summed E-state index contributed by atoms with van der Waals surface area (Å²) in [6, 6.07) is 5.71. The van der Waals surface area contributed by atoms with Gasteiger partial charge >= 0.3 is 0 Å². The highest BCUT2D eigenvalue weighted by Crippen LogP contribution is 2.22. The summed E-state index contributed by atoms with van der Waals surface area (Å²) >= 11 is 0. The molecule has 0 aliphatic carbocycles. The van der Waals surface area contributed by atoms with Gasteiger partial charge in [0.15, 0.2) is 5.82 Å². The SMILES string of the molecule is CC(CC(=O)NCc1cccnc1-n1cccn1)C1CCCNC1. The summed E-state index contributed by atoms with van der Waals surface area (Å²) in [5.41, 5.74) is 0.960. The van der Waals surface area contributed by atoms with E-state index in [1.54, 1.807) is 17.1 Å². The second-order valence-corrected chi connectivity index (χ2v) is 6.50. The summed E-state index contributed by atoms with van der Waals surface area (Å²) < 4.78 is 1.72. The lowest BCUT2D eigenvalue weighted by atomic mass is 9.85. The van der Waals surface area contributed by atoms with E-state index in [-0.39, 0.29) is 5.91 Å². The van der Waals surface area contributed by atoms with Crippen LogP contribution in [0.15, 0.2) is 36.8 Å². The van der Waals surface area contributed by atoms with Crippen LogP contribution >= 0.6 is 0 Å². The molecule has 2 atom stereocenters. The number of piperidine rings is 1. The lowest BCUT2D eigenvalue weighted by molar-refractivity contribution is -0.122. The van der Waals surface area contributed by atoms with Gasteiger partial charge in [0.1, 0.15) is 0 Å². The number of carbonyl (C=O) groups is 1. The third kappa shape index (κ3) is 4.20. The molecule has 2 N–H and O–H groups in total. The van der Waals surface area contributed by atoms with Crippen LogP contribution in [0.25, 0.3) is 5.82 Å². The highest BCUT2D eigenvalue weighted by molar-refractivity contribution is 5.76. The molecule has 24 heavy (non-hydrogen) atoms. The first-order chi connectivity index (χ1) is 11.7. The minimum Gasteiger partial charge on any atom is -0.352 e. The van der Waals surface area contributed by atoms with E-state index >= 15 is 0 Å². The number of nitrogens with zero attached hydrogens (tertiary/aromatic N) is 3. The summed E-state index contributed by atoms with van der Waals surface area (Å²) in [6.07, 6.45) is 8.31. The standard InChI is InChI=1S/C18H25N5O/c1-14(15-5-2-7-19-12-15)11-17(24)21-13-16-6-3-8-20-18(16)23-10-4-9-22-23/h3-4,6,8-10,14-15,19H,2,5,7,11-13H2,1H3,(H,21,24). The predicted octanol–water partition coefficient (Wildman–Crippen LogP) is 1.91. The third-order valence-corrected chi connectivity index (χ3v) is 4.71. The number of rotatable bonds is 6. The highest BCUT2D eigenvalue weighted by atomic mass is 16.1. The molecular formula is C18H25N5O. The van der Waals surface area contributed by atoms with Gasteiger partial charge in [-0.25, -0.2) is 9.67 Å². The number of aromatic nitrogens is 3. The molecule has 6 heteroatoms. The molecule has 3 rings (SSSR count). The summed E-state index contributed by atoms with van der Waals surface area (Å²) in [6.45, 7) is 4.78. The molecule has 1 aliphatic rings. The fourth-order valence-electron chi connectivity index (χ4n) is 3.26. The Morgan fingerprint density at radius 1 is 1.46 bits per heavy atom. The van der Waals surface area contributed by atoms with E-state index in [4.69, 9.17) is 0 Å². The second kappa shape index (κ2) is 8.06. The number of pyridine rings is 1. The van der Waals surface area contributed by atoms with Gasteiger partial charge in [0.2, 0.25) is 5.91 Å². The molecule has 2 aromatic heterocycles. The Kier molecular flexibility index (Phi) is 5.59. The number of amides is 1. The van der Waals surface area contributed by atoms with Gasteiger partial charge in [-0.15, -0.1) is 0 Å². The van der Waals surface area contributed by atoms with Crippen LogP contribution in [0, 0.1) is 11.8 Å². The average Bonchev–Trinajstić information content (AvgIpc) is 3.15. The van der Waals surface area contributed by atoms with Gasteiger partial charge in [0, 0.05) is 37.1 Å². The molecule has 0 spiro atoms. The number of hydrogen-bond donors (Lipinski definition) is 2. The Morgan fingerprint density at radius 3 is 3.12 bits per heavy atom. The van der Waals surface area contributed by atoms with Crippen molar-refractivity contribution in [1.82, 2.24) is 25.4 Å². The number of nitrogens with one attached hydrogen (secondary N) is 2. The molecule has 0 saturated carbocycles. The molecule has 6 nitrogen and oxygen atoms in total. The first-order valence-corrected chi connectivity index (χ1v) is 8.65. The van der Waals surface area contributed by atoms with Crippen molar-refractivity contribution in [3.8, 4) is 5.82 Å². The Morgan fingerprint density at radius 2 is 2.38 bits per heavy atom. The summed E-state index contributed by atoms with van der Waals surface area (Å²) in [4.78, 5) is 16.7. The molecule has 2 unspecified atom stereocenters. The largest absolute Gasteiger partial charge is 0.352 e. The topological polar surface area (TPSA) is 71.8 Å². The Hall–Kier alpha value is -2.21. The maximum absolute atomic E-state index is 12.3. The average molecular weight is 327 g/mol. The molecule has 0 radical (unpaired) electrons. The van der Waals surface area contributed by atoms with Crippen LogP contribution in [-0.4, -0.2) is 33.8 Å². The maximum atomic E-state index is 12.3. The zero-order chi connectivity index (χ0) is 16.8. The molecule has 2 aromatic rings. The van der Waals surface area contributed by atoms with Crippen molar-refractivity contribution < 1.29 is 4.79 Å². The van der Waals surface area contributed by atoms with Gasteiger partial charge in [-0.05, 0) is 49.9 Å². The molecule has 1 aliphatic heterocycles. The van der Waals surface area contributed by atoms with Crippen LogP contribution in [-0.2, 0) is 11.3 Å². The summed E-state index contributed by atoms with van der Waals surface area (Å²) in [5, 5.41) is 10.7. The van der Waals surface area contributed by atoms with Gasteiger partial charge in [0.05, 0.1) is 0 Å². The van der Waals surface area contributed by atoms with Crippen molar-refractivity contribution in [1.29, 1.82) is 0 Å². The molecule has 1 amide bonds. The van der Waals surface area contributed by atoms with Crippen molar-refractivity contribution in [3.05, 3.63) is 42.4 Å². The molecule has 3 heterocycles. The quantitative estimate of drug-likeness (QED) is 0.850. The molecular weight excluding hydrogens is 302 g/mol. The lowest BCUT2D eigenvalue weighted by Crippen LogP contribution is -2.35. The summed E-state index contributed by atoms with van der Waals surface area (Å²) in [5.74, 6) is 1.86. The molecule has 1 fully saturated rings. The summed E-state index contributed by atoms with van der Waals surface area (Å²) in [7, 11) is 0. The molecule has 128 valence electrons. The Balaban J connectivity index is 1.55. The first-order valence-electron chi connectivity index (χ1n) is 8.65. The Bertz CT molecular complexity index is 649. The predicted molar refractivity (Wildman–Crippen MR) is 92.6 cm³/mol. The van der Waals surface area contributed by atoms with Crippen LogP contribution in [0.1, 0.15) is 31.7 Å². The van der Waals surface area contributed by atoms with Gasteiger partial charge in [-0.2, -0.15) is 5.10 Å². The fourth-order valence-corrected chi connectivity index (χ4v) is 3.26. The van der Waals surface area contributed by atoms with Crippen LogP contribution < -0.4 is 10.6 Å². The van der Waals surface area contributed by atoms with Gasteiger partial charge in [-0.3, -0.25) is 4.79 Å². The van der Waals surface area contributed by atoms with Gasteiger partial charge < -0.3 is 10.6 Å². The van der Waals surface area contributed by atoms with Crippen molar-refractivity contribution in [2.45, 2.75) is 32.7 Å². The fraction of sp³-hybridized carbons (Fsp3) is 0.500. The van der Waals surface area contributed by atoms with E-state index in [1.165, 1.54) is 12.8 Å². The molecule has 1 saturated heterocycles. The zero-order valence-corrected chi connectivity index (χ0v) is 14.1. The van der Waals surface area contributed by atoms with Crippen molar-refractivity contribution in [3.63, 3.8) is 0 Å². The van der Waals surface area contributed by atoms with Crippen LogP contribution in [0.2, 0.25) is 0 Å². The minimum absolute atomic E-state index is 0.100. The van der Waals surface area contributed by atoms with E-state index < -0.39 is 0 Å². The zero-order valence-electron chi connectivity index (χ0n) is 14.1. The van der Waals surface area contributed by atoms with E-state index in [1.807, 2.05) is 24.4 Å². The first kappa shape index (κ1) is 16.6. The minimum atomic E-state index is 0.100. The molecule has 0 aromatic carbocycles. The Labute approximate surface area is 142 Å². The van der Waals surface area contributed by atoms with Crippen LogP contribution in [0.5, 0.6) is 0 Å². The molecule has 0 bridgehead atoms. The monoisotopic (exact) mass is 327 g/mol. The van der Waals surface area contributed by atoms with E-state index in [2.05, 4.69) is 27.6 Å². The highest BCUT2D eigenvalue weighted by Gasteiger charge is 2.22. The maximum Gasteiger partial charge on any atom is 0.220 e. The van der Waals surface area contributed by atoms with E-state index in [0.717, 1.165) is 24.5 Å². The lowest BCUT2D eigenvalue weighted by Gasteiger charge is -2.28. The number of carbonyl (C=O) groups excluding carboxylic acids is 1. The third-order valence-electron chi connectivity index (χ3n) is 4.71. The van der Waals surface area contributed by atoms with Crippen LogP contribution in [0.4, 0.5) is 0 Å². The smallest absolute Gasteiger partial charge is 0.220 e. The van der Waals surface area contributed by atoms with Crippen molar-refractivity contribution in [2.24, 2.45) is 11.8 Å². The van der Waals surface area contributed by atoms with E-state index in [0.29, 0.717) is 24.8 Å². The van der Waals surface area contributed by atoms with Gasteiger partial charge in [-0.1, -0.05) is 13.0 Å².